The molecule has 0 saturated carbocycles. The van der Waals surface area contributed by atoms with E-state index in [0.717, 1.165) is 5.56 Å². The number of hydrogen-bond acceptors (Lipinski definition) is 7. The number of aromatic nitrogens is 2. The summed E-state index contributed by atoms with van der Waals surface area (Å²) in [5.41, 5.74) is 7.14. The molecule has 4 rings (SSSR count). The lowest BCUT2D eigenvalue weighted by Crippen LogP contribution is -2.32. The molecule has 0 radical (unpaired) electrons. The molecular weight excluding hydrogens is 497 g/mol. The molecule has 4 N–H and O–H groups in total. The van der Waals surface area contributed by atoms with Crippen molar-refractivity contribution in [2.24, 2.45) is 11.1 Å². The lowest BCUT2D eigenvalue weighted by atomic mass is 9.94. The van der Waals surface area contributed by atoms with Crippen LogP contribution in [0.2, 0.25) is 0 Å². The quantitative estimate of drug-likeness (QED) is 0.293. The largest absolute Gasteiger partial charge is 0.337 e. The van der Waals surface area contributed by atoms with Crippen LogP contribution in [0.5, 0.6) is 0 Å². The second-order valence-corrected chi connectivity index (χ2v) is 10.7. The molecule has 192 valence electrons. The molecule has 0 aliphatic rings. The van der Waals surface area contributed by atoms with Crippen molar-refractivity contribution in [3.63, 3.8) is 0 Å². The SMILES string of the molecule is CC(C)(CF)C(=O)Nc1ccc(NS(=O)(=O)c2ccc(-c3noc(C(N)c4ccccc4)n3)cc2)cc1. The Morgan fingerprint density at radius 2 is 1.62 bits per heavy atom. The molecule has 37 heavy (non-hydrogen) atoms. The van der Waals surface area contributed by atoms with Gasteiger partial charge in [-0.15, -0.1) is 0 Å². The first-order chi connectivity index (χ1) is 17.6. The number of hydrogen-bond donors (Lipinski definition) is 3. The zero-order chi connectivity index (χ0) is 26.6. The summed E-state index contributed by atoms with van der Waals surface area (Å²) < 4.78 is 46.5. The van der Waals surface area contributed by atoms with Crippen molar-refractivity contribution in [2.75, 3.05) is 16.7 Å². The smallest absolute Gasteiger partial charge is 0.261 e. The molecule has 0 bridgehead atoms. The number of rotatable bonds is 9. The molecule has 1 unspecified atom stereocenters. The Balaban J connectivity index is 1.43. The van der Waals surface area contributed by atoms with Gasteiger partial charge in [0.2, 0.25) is 17.6 Å². The Morgan fingerprint density at radius 1 is 1.00 bits per heavy atom. The van der Waals surface area contributed by atoms with Crippen molar-refractivity contribution >= 4 is 27.3 Å². The summed E-state index contributed by atoms with van der Waals surface area (Å²) >= 11 is 0. The summed E-state index contributed by atoms with van der Waals surface area (Å²) in [7, 11) is -3.89. The molecule has 0 saturated heterocycles. The van der Waals surface area contributed by atoms with Gasteiger partial charge < -0.3 is 15.6 Å². The highest BCUT2D eigenvalue weighted by atomic mass is 32.2. The highest BCUT2D eigenvalue weighted by Gasteiger charge is 2.27. The molecule has 1 aromatic heterocycles. The number of nitrogens with one attached hydrogen (secondary N) is 2. The van der Waals surface area contributed by atoms with Crippen LogP contribution in [0.4, 0.5) is 15.8 Å². The second kappa shape index (κ2) is 10.5. The number of nitrogens with zero attached hydrogens (tertiary/aromatic N) is 2. The Kier molecular flexibility index (Phi) is 7.37. The minimum atomic E-state index is -3.89. The highest BCUT2D eigenvalue weighted by molar-refractivity contribution is 7.92. The van der Waals surface area contributed by atoms with Crippen molar-refractivity contribution < 1.29 is 22.1 Å². The average molecular weight is 524 g/mol. The molecule has 11 heteroatoms. The van der Waals surface area contributed by atoms with Crippen molar-refractivity contribution in [1.29, 1.82) is 0 Å². The maximum Gasteiger partial charge on any atom is 0.261 e. The lowest BCUT2D eigenvalue weighted by Gasteiger charge is -2.19. The summed E-state index contributed by atoms with van der Waals surface area (Å²) in [6, 6.07) is 20.8. The van der Waals surface area contributed by atoms with Crippen molar-refractivity contribution in [1.82, 2.24) is 10.1 Å². The maximum absolute atomic E-state index is 13.0. The summed E-state index contributed by atoms with van der Waals surface area (Å²) in [6.07, 6.45) is 0. The molecule has 1 amide bonds. The van der Waals surface area contributed by atoms with E-state index in [4.69, 9.17) is 10.3 Å². The van der Waals surface area contributed by atoms with Crippen LogP contribution in [-0.4, -0.2) is 31.1 Å². The fraction of sp³-hybridized carbons (Fsp3) is 0.192. The lowest BCUT2D eigenvalue weighted by molar-refractivity contribution is -0.124. The average Bonchev–Trinajstić information content (AvgIpc) is 3.40. The van der Waals surface area contributed by atoms with Crippen molar-refractivity contribution in [2.45, 2.75) is 24.8 Å². The Morgan fingerprint density at radius 3 is 2.24 bits per heavy atom. The van der Waals surface area contributed by atoms with E-state index in [-0.39, 0.29) is 16.6 Å². The predicted molar refractivity (Wildman–Crippen MR) is 138 cm³/mol. The van der Waals surface area contributed by atoms with E-state index >= 15 is 0 Å². The molecule has 0 fully saturated rings. The zero-order valence-corrected chi connectivity index (χ0v) is 21.0. The van der Waals surface area contributed by atoms with Gasteiger partial charge in [-0.1, -0.05) is 35.5 Å². The molecule has 4 aromatic rings. The normalized spacial score (nSPS) is 12.6. The Labute approximate surface area is 214 Å². The third-order valence-electron chi connectivity index (χ3n) is 5.63. The zero-order valence-electron chi connectivity index (χ0n) is 20.2. The van der Waals surface area contributed by atoms with E-state index in [1.165, 1.54) is 50.2 Å². The standard InChI is InChI=1S/C26H26FN5O4S/c1-26(2,16-27)25(33)29-19-10-12-20(13-11-19)32-37(34,35)21-14-8-18(9-15-21)23-30-24(36-31-23)22(28)17-6-4-3-5-7-17/h3-15,22,32H,16,28H2,1-2H3,(H,29,33). The topological polar surface area (TPSA) is 140 Å². The van der Waals surface area contributed by atoms with Gasteiger partial charge in [0.25, 0.3) is 10.0 Å². The van der Waals surface area contributed by atoms with E-state index in [1.807, 2.05) is 30.3 Å². The monoisotopic (exact) mass is 523 g/mol. The molecule has 3 aromatic carbocycles. The van der Waals surface area contributed by atoms with E-state index < -0.39 is 34.1 Å². The van der Waals surface area contributed by atoms with Gasteiger partial charge in [-0.05, 0) is 67.9 Å². The Bertz CT molecular complexity index is 1470. The van der Waals surface area contributed by atoms with Crippen LogP contribution in [0.25, 0.3) is 11.4 Å². The van der Waals surface area contributed by atoms with Crippen LogP contribution in [0.15, 0.2) is 88.3 Å². The van der Waals surface area contributed by atoms with Crippen molar-refractivity contribution in [3.05, 3.63) is 90.3 Å². The van der Waals surface area contributed by atoms with E-state index in [1.54, 1.807) is 12.1 Å². The first-order valence-electron chi connectivity index (χ1n) is 11.3. The number of sulfonamides is 1. The van der Waals surface area contributed by atoms with E-state index in [0.29, 0.717) is 16.9 Å². The third kappa shape index (κ3) is 6.01. The van der Waals surface area contributed by atoms with Crippen LogP contribution in [0.3, 0.4) is 0 Å². The molecule has 1 atom stereocenters. The number of halogens is 1. The van der Waals surface area contributed by atoms with Gasteiger partial charge >= 0.3 is 0 Å². The third-order valence-corrected chi connectivity index (χ3v) is 7.03. The highest BCUT2D eigenvalue weighted by Crippen LogP contribution is 2.25. The van der Waals surface area contributed by atoms with Crippen LogP contribution in [0, 0.1) is 5.41 Å². The van der Waals surface area contributed by atoms with Gasteiger partial charge in [0.1, 0.15) is 12.7 Å². The minimum Gasteiger partial charge on any atom is -0.337 e. The van der Waals surface area contributed by atoms with Crippen LogP contribution >= 0.6 is 0 Å². The first kappa shape index (κ1) is 26.0. The summed E-state index contributed by atoms with van der Waals surface area (Å²) in [4.78, 5) is 16.5. The van der Waals surface area contributed by atoms with Crippen LogP contribution in [0.1, 0.15) is 31.3 Å². The number of anilines is 2. The van der Waals surface area contributed by atoms with E-state index in [9.17, 15) is 17.6 Å². The summed E-state index contributed by atoms with van der Waals surface area (Å²) in [5, 5.41) is 6.57. The first-order valence-corrected chi connectivity index (χ1v) is 12.8. The van der Waals surface area contributed by atoms with E-state index in [2.05, 4.69) is 20.2 Å². The number of amides is 1. The number of carbonyl (C=O) groups excluding carboxylic acids is 1. The number of carbonyl (C=O) groups is 1. The Hall–Kier alpha value is -4.09. The fourth-order valence-corrected chi connectivity index (χ4v) is 4.32. The van der Waals surface area contributed by atoms with Gasteiger partial charge in [-0.3, -0.25) is 9.52 Å². The number of alkyl halides is 1. The maximum atomic E-state index is 13.0. The van der Waals surface area contributed by atoms with Gasteiger partial charge in [-0.25, -0.2) is 12.8 Å². The van der Waals surface area contributed by atoms with Gasteiger partial charge in [0.15, 0.2) is 0 Å². The second-order valence-electron chi connectivity index (χ2n) is 9.02. The molecular formula is C26H26FN5O4S. The molecule has 0 spiro atoms. The fourth-order valence-electron chi connectivity index (χ4n) is 3.26. The van der Waals surface area contributed by atoms with Crippen molar-refractivity contribution in [3.8, 4) is 11.4 Å². The molecule has 9 nitrogen and oxygen atoms in total. The van der Waals surface area contributed by atoms with Gasteiger partial charge in [0.05, 0.1) is 10.3 Å². The minimum absolute atomic E-state index is 0.0306. The molecule has 1 heterocycles. The summed E-state index contributed by atoms with van der Waals surface area (Å²) in [5.74, 6) is 0.0542. The molecule has 0 aliphatic carbocycles. The molecule has 0 aliphatic heterocycles. The number of benzene rings is 3. The van der Waals surface area contributed by atoms with Crippen LogP contribution in [-0.2, 0) is 14.8 Å². The predicted octanol–water partition coefficient (Wildman–Crippen LogP) is 4.52. The summed E-state index contributed by atoms with van der Waals surface area (Å²) in [6.45, 7) is 2.19. The van der Waals surface area contributed by atoms with Gasteiger partial charge in [0, 0.05) is 16.9 Å². The van der Waals surface area contributed by atoms with Gasteiger partial charge in [-0.2, -0.15) is 4.98 Å². The van der Waals surface area contributed by atoms with Crippen LogP contribution < -0.4 is 15.8 Å². The number of nitrogens with two attached hydrogens (primary N) is 1.